The molecule has 6 rings (SSSR count). The molecule has 0 bridgehead atoms. The van der Waals surface area contributed by atoms with Crippen LogP contribution in [0.25, 0.3) is 11.0 Å². The SMILES string of the molecule is C1=CCC(C[n+]2ccn(Cc3nc4ccccc4nc3Cn3cc[n+](CC4=CC=CC4)c3)c2)=C1. The van der Waals surface area contributed by atoms with Crippen LogP contribution < -0.4 is 9.13 Å². The molecule has 34 heavy (non-hydrogen) atoms. The summed E-state index contributed by atoms with van der Waals surface area (Å²) in [5.74, 6) is 0. The Morgan fingerprint density at radius 3 is 1.65 bits per heavy atom. The summed E-state index contributed by atoms with van der Waals surface area (Å²) in [5.41, 5.74) is 6.74. The Labute approximate surface area is 199 Å². The molecule has 3 aromatic heterocycles. The van der Waals surface area contributed by atoms with Gasteiger partial charge in [-0.15, -0.1) is 0 Å². The lowest BCUT2D eigenvalue weighted by Gasteiger charge is -2.07. The Morgan fingerprint density at radius 2 is 1.21 bits per heavy atom. The van der Waals surface area contributed by atoms with Gasteiger partial charge in [-0.1, -0.05) is 48.6 Å². The average molecular weight is 449 g/mol. The normalized spacial score (nSPS) is 14.8. The second kappa shape index (κ2) is 9.06. The molecule has 6 nitrogen and oxygen atoms in total. The van der Waals surface area contributed by atoms with Gasteiger partial charge in [0, 0.05) is 0 Å². The molecule has 1 aromatic carbocycles. The van der Waals surface area contributed by atoms with E-state index in [9.17, 15) is 0 Å². The Balaban J connectivity index is 1.25. The first-order chi connectivity index (χ1) is 16.8. The van der Waals surface area contributed by atoms with Crippen molar-refractivity contribution in [1.29, 1.82) is 0 Å². The van der Waals surface area contributed by atoms with Crippen molar-refractivity contribution in [3.05, 3.63) is 121 Å². The fourth-order valence-corrected chi connectivity index (χ4v) is 4.61. The van der Waals surface area contributed by atoms with E-state index in [1.54, 1.807) is 0 Å². The number of hydrogen-bond donors (Lipinski definition) is 0. The van der Waals surface area contributed by atoms with Gasteiger partial charge in [-0.25, -0.2) is 28.2 Å². The first-order valence-corrected chi connectivity index (χ1v) is 11.8. The predicted octanol–water partition coefficient (Wildman–Crippen LogP) is 3.68. The maximum absolute atomic E-state index is 5.02. The highest BCUT2D eigenvalue weighted by Crippen LogP contribution is 2.16. The number of imidazole rings is 2. The molecule has 0 fully saturated rings. The number of benzene rings is 1. The Hall–Kier alpha value is -4.06. The lowest BCUT2D eigenvalue weighted by Crippen LogP contribution is -2.32. The summed E-state index contributed by atoms with van der Waals surface area (Å²) in [6.45, 7) is 3.23. The zero-order chi connectivity index (χ0) is 22.7. The predicted molar refractivity (Wildman–Crippen MR) is 131 cm³/mol. The molecule has 6 heteroatoms. The molecule has 168 valence electrons. The van der Waals surface area contributed by atoms with Gasteiger partial charge in [0.2, 0.25) is 12.7 Å². The van der Waals surface area contributed by atoms with Crippen molar-refractivity contribution in [1.82, 2.24) is 19.1 Å². The Kier molecular flexibility index (Phi) is 5.47. The first kappa shape index (κ1) is 20.5. The van der Waals surface area contributed by atoms with Gasteiger partial charge in [-0.2, -0.15) is 0 Å². The van der Waals surface area contributed by atoms with E-state index in [2.05, 4.69) is 92.2 Å². The van der Waals surface area contributed by atoms with Gasteiger partial charge in [0.25, 0.3) is 0 Å². The number of aromatic nitrogens is 6. The second-order valence-corrected chi connectivity index (χ2v) is 9.04. The minimum atomic E-state index is 0.692. The average Bonchev–Trinajstić information content (AvgIpc) is 3.65. The maximum atomic E-state index is 5.02. The largest absolute Gasteiger partial charge is 0.245 e. The van der Waals surface area contributed by atoms with Crippen molar-refractivity contribution in [2.24, 2.45) is 0 Å². The van der Waals surface area contributed by atoms with Crippen LogP contribution in [0, 0.1) is 0 Å². The fraction of sp³-hybridized carbons (Fsp3) is 0.214. The number of nitrogens with zero attached hydrogens (tertiary/aromatic N) is 6. The van der Waals surface area contributed by atoms with E-state index < -0.39 is 0 Å². The van der Waals surface area contributed by atoms with Gasteiger partial charge in [0.1, 0.15) is 62.4 Å². The summed E-state index contributed by atoms with van der Waals surface area (Å²) >= 11 is 0. The molecule has 0 radical (unpaired) electrons. The molecular weight excluding hydrogens is 420 g/mol. The van der Waals surface area contributed by atoms with Crippen molar-refractivity contribution in [3.63, 3.8) is 0 Å². The lowest BCUT2D eigenvalue weighted by atomic mass is 10.2. The van der Waals surface area contributed by atoms with Crippen LogP contribution >= 0.6 is 0 Å². The lowest BCUT2D eigenvalue weighted by molar-refractivity contribution is -0.688. The van der Waals surface area contributed by atoms with Crippen LogP contribution in [0.1, 0.15) is 24.2 Å². The molecule has 2 aliphatic rings. The second-order valence-electron chi connectivity index (χ2n) is 9.04. The van der Waals surface area contributed by atoms with Gasteiger partial charge >= 0.3 is 0 Å². The van der Waals surface area contributed by atoms with Gasteiger partial charge in [0.15, 0.2) is 0 Å². The van der Waals surface area contributed by atoms with E-state index in [4.69, 9.17) is 9.97 Å². The van der Waals surface area contributed by atoms with Gasteiger partial charge < -0.3 is 0 Å². The molecule has 0 aliphatic heterocycles. The van der Waals surface area contributed by atoms with Crippen LogP contribution in [0.15, 0.2) is 109 Å². The molecule has 3 heterocycles. The summed E-state index contributed by atoms with van der Waals surface area (Å²) in [4.78, 5) is 10.0. The number of hydrogen-bond acceptors (Lipinski definition) is 2. The van der Waals surface area contributed by atoms with E-state index in [0.717, 1.165) is 48.4 Å². The van der Waals surface area contributed by atoms with Crippen molar-refractivity contribution < 1.29 is 9.13 Å². The van der Waals surface area contributed by atoms with E-state index in [0.29, 0.717) is 13.1 Å². The minimum absolute atomic E-state index is 0.692. The monoisotopic (exact) mass is 448 g/mol. The van der Waals surface area contributed by atoms with Crippen LogP contribution in [0.4, 0.5) is 0 Å². The first-order valence-electron chi connectivity index (χ1n) is 11.8. The quantitative estimate of drug-likeness (QED) is 0.386. The van der Waals surface area contributed by atoms with E-state index >= 15 is 0 Å². The molecule has 2 aliphatic carbocycles. The molecular formula is C28H28N6+2. The van der Waals surface area contributed by atoms with Crippen LogP contribution in [0.3, 0.4) is 0 Å². The van der Waals surface area contributed by atoms with Crippen molar-refractivity contribution in [2.45, 2.75) is 39.0 Å². The van der Waals surface area contributed by atoms with Crippen molar-refractivity contribution in [3.8, 4) is 0 Å². The summed E-state index contributed by atoms with van der Waals surface area (Å²) in [7, 11) is 0. The minimum Gasteiger partial charge on any atom is -0.245 e. The number of rotatable bonds is 8. The van der Waals surface area contributed by atoms with Crippen LogP contribution in [-0.4, -0.2) is 19.1 Å². The summed E-state index contributed by atoms with van der Waals surface area (Å²) in [5, 5.41) is 0. The molecule has 0 amide bonds. The molecule has 0 unspecified atom stereocenters. The van der Waals surface area contributed by atoms with Crippen LogP contribution in [0.5, 0.6) is 0 Å². The zero-order valence-corrected chi connectivity index (χ0v) is 19.2. The third kappa shape index (κ3) is 4.53. The van der Waals surface area contributed by atoms with Crippen LogP contribution in [-0.2, 0) is 26.2 Å². The molecule has 4 aromatic rings. The summed E-state index contributed by atoms with van der Waals surface area (Å²) in [6.07, 6.45) is 28.0. The number of allylic oxidation sites excluding steroid dienone is 8. The Bertz CT molecular complexity index is 1350. The van der Waals surface area contributed by atoms with Crippen LogP contribution in [0.2, 0.25) is 0 Å². The highest BCUT2D eigenvalue weighted by Gasteiger charge is 2.17. The van der Waals surface area contributed by atoms with Crippen molar-refractivity contribution in [2.75, 3.05) is 0 Å². The summed E-state index contributed by atoms with van der Waals surface area (Å²) in [6, 6.07) is 8.12. The smallest absolute Gasteiger partial charge is 0.244 e. The molecule has 0 saturated heterocycles. The number of fused-ring (bicyclic) bond motifs is 1. The van der Waals surface area contributed by atoms with E-state index in [1.807, 2.05) is 24.3 Å². The highest BCUT2D eigenvalue weighted by atomic mass is 15.1. The third-order valence-corrected chi connectivity index (χ3v) is 6.35. The highest BCUT2D eigenvalue weighted by molar-refractivity contribution is 5.74. The van der Waals surface area contributed by atoms with Gasteiger partial charge in [-0.05, 0) is 36.1 Å². The van der Waals surface area contributed by atoms with Crippen molar-refractivity contribution >= 4 is 11.0 Å². The molecule has 0 spiro atoms. The Morgan fingerprint density at radius 1 is 0.706 bits per heavy atom. The van der Waals surface area contributed by atoms with Gasteiger partial charge in [-0.3, -0.25) is 0 Å². The molecule has 0 N–H and O–H groups in total. The standard InChI is InChI=1S/C28H28N6/c1-2-8-23(7-1)17-31-13-15-33(21-31)19-27-28(30-26-12-6-5-11-25(26)29-27)20-34-16-14-32(22-34)18-24-9-3-4-10-24/h1-7,9,11-16,21-22H,8,10,17-20H2/q+2. The topological polar surface area (TPSA) is 43.4 Å². The molecule has 0 atom stereocenters. The zero-order valence-electron chi connectivity index (χ0n) is 19.2. The summed E-state index contributed by atoms with van der Waals surface area (Å²) < 4.78 is 8.85. The third-order valence-electron chi connectivity index (χ3n) is 6.35. The van der Waals surface area contributed by atoms with E-state index in [-0.39, 0.29) is 0 Å². The maximum Gasteiger partial charge on any atom is 0.244 e. The number of para-hydroxylation sites is 2. The van der Waals surface area contributed by atoms with E-state index in [1.165, 1.54) is 11.1 Å². The molecule has 0 saturated carbocycles. The fourth-order valence-electron chi connectivity index (χ4n) is 4.61. The van der Waals surface area contributed by atoms with Gasteiger partial charge in [0.05, 0.1) is 11.0 Å².